The van der Waals surface area contributed by atoms with Gasteiger partial charge in [0.2, 0.25) is 10.0 Å². The highest BCUT2D eigenvalue weighted by Crippen LogP contribution is 2.28. The van der Waals surface area contributed by atoms with Gasteiger partial charge in [-0.15, -0.1) is 0 Å². The summed E-state index contributed by atoms with van der Waals surface area (Å²) >= 11 is 0. The van der Waals surface area contributed by atoms with Gasteiger partial charge in [0, 0.05) is 40.1 Å². The maximum Gasteiger partial charge on any atom is 0.261 e. The zero-order chi connectivity index (χ0) is 22.6. The molecule has 8 nitrogen and oxygen atoms in total. The van der Waals surface area contributed by atoms with Gasteiger partial charge in [-0.1, -0.05) is 12.1 Å². The molecular weight excluding hydrogens is 436 g/mol. The van der Waals surface area contributed by atoms with Gasteiger partial charge in [-0.2, -0.15) is 0 Å². The van der Waals surface area contributed by atoms with Gasteiger partial charge in [0.05, 0.1) is 21.2 Å². The van der Waals surface area contributed by atoms with Crippen molar-refractivity contribution in [1.29, 1.82) is 0 Å². The Kier molecular flexibility index (Phi) is 6.63. The Hall–Kier alpha value is -2.95. The van der Waals surface area contributed by atoms with E-state index in [1.807, 2.05) is 36.2 Å². The second-order valence-corrected chi connectivity index (χ2v) is 10.9. The number of anilines is 2. The predicted molar refractivity (Wildman–Crippen MR) is 121 cm³/mol. The molecule has 0 saturated heterocycles. The Labute approximate surface area is 183 Å². The van der Waals surface area contributed by atoms with E-state index < -0.39 is 20.0 Å². The summed E-state index contributed by atoms with van der Waals surface area (Å²) in [5, 5.41) is 0. The number of hydrogen-bond donors (Lipinski definition) is 1. The van der Waals surface area contributed by atoms with Crippen LogP contribution in [0.3, 0.4) is 0 Å². The quantitative estimate of drug-likeness (QED) is 0.555. The van der Waals surface area contributed by atoms with E-state index in [1.54, 1.807) is 24.5 Å². The van der Waals surface area contributed by atoms with Crippen LogP contribution in [0.25, 0.3) is 0 Å². The largest absolute Gasteiger partial charge is 0.369 e. The van der Waals surface area contributed by atoms with Crippen molar-refractivity contribution in [2.24, 2.45) is 0 Å². The summed E-state index contributed by atoms with van der Waals surface area (Å²) < 4.78 is 54.0. The van der Waals surface area contributed by atoms with Crippen molar-refractivity contribution >= 4 is 31.4 Å². The molecule has 0 unspecified atom stereocenters. The van der Waals surface area contributed by atoms with Gasteiger partial charge in [-0.3, -0.25) is 9.71 Å². The van der Waals surface area contributed by atoms with E-state index >= 15 is 0 Å². The average molecular weight is 461 g/mol. The molecule has 0 aliphatic carbocycles. The highest BCUT2D eigenvalue weighted by Gasteiger charge is 2.21. The third kappa shape index (κ3) is 5.22. The van der Waals surface area contributed by atoms with Crippen molar-refractivity contribution in [2.45, 2.75) is 16.3 Å². The molecule has 31 heavy (non-hydrogen) atoms. The molecule has 10 heteroatoms. The summed E-state index contributed by atoms with van der Waals surface area (Å²) in [6.07, 6.45) is 3.41. The summed E-state index contributed by atoms with van der Waals surface area (Å²) in [6, 6.07) is 16.0. The molecule has 0 amide bonds. The first-order chi connectivity index (χ1) is 14.6. The molecule has 164 valence electrons. The predicted octanol–water partition coefficient (Wildman–Crippen LogP) is 2.77. The Morgan fingerprint density at radius 2 is 1.39 bits per heavy atom. The van der Waals surface area contributed by atoms with Gasteiger partial charge >= 0.3 is 0 Å². The summed E-state index contributed by atoms with van der Waals surface area (Å²) in [4.78, 5) is 5.93. The molecule has 1 aromatic heterocycles. The summed E-state index contributed by atoms with van der Waals surface area (Å²) in [7, 11) is -2.85. The number of para-hydroxylation sites is 2. The van der Waals surface area contributed by atoms with Crippen molar-refractivity contribution in [2.75, 3.05) is 30.8 Å². The van der Waals surface area contributed by atoms with Crippen LogP contribution in [-0.4, -0.2) is 47.3 Å². The van der Waals surface area contributed by atoms with Crippen LogP contribution < -0.4 is 9.62 Å². The Morgan fingerprint density at radius 3 is 2.00 bits per heavy atom. The molecule has 3 rings (SSSR count). The van der Waals surface area contributed by atoms with Gasteiger partial charge in [0.1, 0.15) is 0 Å². The molecule has 0 aliphatic rings. The number of nitrogens with one attached hydrogen (secondary N) is 1. The first-order valence-corrected chi connectivity index (χ1v) is 12.3. The molecule has 0 aliphatic heterocycles. The van der Waals surface area contributed by atoms with Gasteiger partial charge in [0.25, 0.3) is 10.0 Å². The van der Waals surface area contributed by atoms with Crippen LogP contribution in [0.5, 0.6) is 0 Å². The van der Waals surface area contributed by atoms with Gasteiger partial charge < -0.3 is 4.90 Å². The fourth-order valence-electron chi connectivity index (χ4n) is 2.95. The molecule has 0 saturated carbocycles. The third-order valence-corrected chi connectivity index (χ3v) is 7.85. The van der Waals surface area contributed by atoms with Crippen LogP contribution in [-0.2, 0) is 26.6 Å². The maximum atomic E-state index is 12.9. The lowest BCUT2D eigenvalue weighted by Crippen LogP contribution is -2.22. The van der Waals surface area contributed by atoms with E-state index in [-0.39, 0.29) is 9.79 Å². The standard InChI is InChI=1S/C21H24N4O4S2/c1-24(2)31(28,29)19-10-8-18(9-11-19)30(26,27)23-20-6-4-5-7-21(20)25(3)16-17-12-14-22-15-13-17/h4-15,23H,16H2,1-3H3. The van der Waals surface area contributed by atoms with Crippen LogP contribution >= 0.6 is 0 Å². The fourth-order valence-corrected chi connectivity index (χ4v) is 4.92. The molecule has 0 fully saturated rings. The highest BCUT2D eigenvalue weighted by atomic mass is 32.2. The van der Waals surface area contributed by atoms with E-state index in [0.717, 1.165) is 9.87 Å². The summed E-state index contributed by atoms with van der Waals surface area (Å²) in [5.41, 5.74) is 2.16. The molecule has 3 aromatic rings. The molecule has 0 radical (unpaired) electrons. The van der Waals surface area contributed by atoms with E-state index in [1.165, 1.54) is 38.4 Å². The molecular formula is C21H24N4O4S2. The zero-order valence-corrected chi connectivity index (χ0v) is 19.1. The number of nitrogens with zero attached hydrogens (tertiary/aromatic N) is 3. The minimum atomic E-state index is -3.92. The lowest BCUT2D eigenvalue weighted by molar-refractivity contribution is 0.520. The van der Waals surface area contributed by atoms with Gasteiger partial charge in [0.15, 0.2) is 0 Å². The SMILES string of the molecule is CN(Cc1ccncc1)c1ccccc1NS(=O)(=O)c1ccc(S(=O)(=O)N(C)C)cc1. The number of rotatable bonds is 8. The second kappa shape index (κ2) is 9.04. The maximum absolute atomic E-state index is 12.9. The van der Waals surface area contributed by atoms with E-state index in [9.17, 15) is 16.8 Å². The number of pyridine rings is 1. The van der Waals surface area contributed by atoms with Gasteiger partial charge in [-0.05, 0) is 54.1 Å². The monoisotopic (exact) mass is 460 g/mol. The van der Waals surface area contributed by atoms with Crippen LogP contribution in [0.1, 0.15) is 5.56 Å². The van der Waals surface area contributed by atoms with E-state index in [2.05, 4.69) is 9.71 Å². The molecule has 1 heterocycles. The van der Waals surface area contributed by atoms with Crippen molar-refractivity contribution in [1.82, 2.24) is 9.29 Å². The van der Waals surface area contributed by atoms with Crippen LogP contribution in [0.15, 0.2) is 82.8 Å². The fraction of sp³-hybridized carbons (Fsp3) is 0.190. The van der Waals surface area contributed by atoms with Crippen LogP contribution in [0.2, 0.25) is 0 Å². The molecule has 0 spiro atoms. The van der Waals surface area contributed by atoms with Gasteiger partial charge in [-0.25, -0.2) is 21.1 Å². The molecule has 1 N–H and O–H groups in total. The Balaban J connectivity index is 1.85. The van der Waals surface area contributed by atoms with E-state index in [0.29, 0.717) is 17.9 Å². The van der Waals surface area contributed by atoms with Crippen molar-refractivity contribution in [3.05, 3.63) is 78.6 Å². The Bertz CT molecular complexity index is 1240. The molecule has 0 atom stereocenters. The van der Waals surface area contributed by atoms with Crippen molar-refractivity contribution < 1.29 is 16.8 Å². The summed E-state index contributed by atoms with van der Waals surface area (Å²) in [5.74, 6) is 0. The molecule has 0 bridgehead atoms. The van der Waals surface area contributed by atoms with E-state index in [4.69, 9.17) is 0 Å². The normalized spacial score (nSPS) is 12.0. The first kappa shape index (κ1) is 22.7. The Morgan fingerprint density at radius 1 is 0.806 bits per heavy atom. The number of benzene rings is 2. The number of hydrogen-bond acceptors (Lipinski definition) is 6. The van der Waals surface area contributed by atoms with Crippen molar-refractivity contribution in [3.63, 3.8) is 0 Å². The summed E-state index contributed by atoms with van der Waals surface area (Å²) in [6.45, 7) is 0.568. The second-order valence-electron chi connectivity index (χ2n) is 7.09. The zero-order valence-electron chi connectivity index (χ0n) is 17.4. The average Bonchev–Trinajstić information content (AvgIpc) is 2.74. The first-order valence-electron chi connectivity index (χ1n) is 9.36. The van der Waals surface area contributed by atoms with Crippen LogP contribution in [0.4, 0.5) is 11.4 Å². The number of aromatic nitrogens is 1. The minimum absolute atomic E-state index is 0.0222. The minimum Gasteiger partial charge on any atom is -0.369 e. The number of sulfonamides is 2. The topological polar surface area (TPSA) is 99.7 Å². The lowest BCUT2D eigenvalue weighted by atomic mass is 10.2. The van der Waals surface area contributed by atoms with Crippen molar-refractivity contribution in [3.8, 4) is 0 Å². The highest BCUT2D eigenvalue weighted by molar-refractivity contribution is 7.92. The van der Waals surface area contributed by atoms with Crippen LogP contribution in [0, 0.1) is 0 Å². The smallest absolute Gasteiger partial charge is 0.261 e. The lowest BCUT2D eigenvalue weighted by Gasteiger charge is -2.23. The molecule has 2 aromatic carbocycles. The third-order valence-electron chi connectivity index (χ3n) is 4.64.